The number of aromatic amines is 1. The quantitative estimate of drug-likeness (QED) is 0.826. The first-order valence-corrected chi connectivity index (χ1v) is 6.45. The van der Waals surface area contributed by atoms with Crippen LogP contribution in [0, 0.1) is 0 Å². The lowest BCUT2D eigenvalue weighted by atomic mass is 9.92. The van der Waals surface area contributed by atoms with Crippen molar-refractivity contribution < 1.29 is 11.0 Å². The minimum atomic E-state index is -0.226. The summed E-state index contributed by atoms with van der Waals surface area (Å²) in [5.74, 6) is 0.119. The van der Waals surface area contributed by atoms with E-state index in [0.29, 0.717) is 18.1 Å². The highest BCUT2D eigenvalue weighted by atomic mass is 16.5. The minimum Gasteiger partial charge on any atom is -0.462 e. The topological polar surface area (TPSA) is 42.1 Å². The Morgan fingerprint density at radius 1 is 1.44 bits per heavy atom. The van der Waals surface area contributed by atoms with Gasteiger partial charge in [-0.25, -0.2) is 4.79 Å². The Balaban J connectivity index is 0.00000180. The highest BCUT2D eigenvalue weighted by Gasteiger charge is 2.17. The van der Waals surface area contributed by atoms with E-state index in [4.69, 9.17) is 4.74 Å². The predicted octanol–water partition coefficient (Wildman–Crippen LogP) is 4.10. The van der Waals surface area contributed by atoms with Gasteiger partial charge in [-0.05, 0) is 43.0 Å². The molecule has 0 radical (unpaired) electrons. The maximum absolute atomic E-state index is 12.0. The van der Waals surface area contributed by atoms with Crippen LogP contribution < -0.4 is 0 Å². The van der Waals surface area contributed by atoms with Crippen LogP contribution in [0.15, 0.2) is 24.4 Å². The first-order valence-electron chi connectivity index (χ1n) is 6.45. The van der Waals surface area contributed by atoms with Crippen LogP contribution in [0.1, 0.15) is 50.5 Å². The predicted molar refractivity (Wildman–Crippen MR) is 75.1 cm³/mol. The molecule has 0 spiro atoms. The van der Waals surface area contributed by atoms with Gasteiger partial charge in [-0.1, -0.05) is 13.8 Å². The second-order valence-electron chi connectivity index (χ2n) is 4.53. The van der Waals surface area contributed by atoms with Gasteiger partial charge in [0.05, 0.1) is 12.2 Å². The maximum Gasteiger partial charge on any atom is 0.338 e. The molecular formula is C15H21NO2. The summed E-state index contributed by atoms with van der Waals surface area (Å²) in [5, 5.41) is 1.05. The summed E-state index contributed by atoms with van der Waals surface area (Å²) in [7, 11) is 0. The van der Waals surface area contributed by atoms with Crippen molar-refractivity contribution in [3.05, 3.63) is 35.5 Å². The molecular weight excluding hydrogens is 226 g/mol. The highest BCUT2D eigenvalue weighted by molar-refractivity contribution is 5.96. The van der Waals surface area contributed by atoms with Gasteiger partial charge in [-0.15, -0.1) is 0 Å². The maximum atomic E-state index is 12.0. The molecule has 0 fully saturated rings. The van der Waals surface area contributed by atoms with E-state index in [1.54, 1.807) is 0 Å². The molecule has 1 N–H and O–H groups in total. The van der Waals surface area contributed by atoms with Crippen molar-refractivity contribution in [2.24, 2.45) is 0 Å². The lowest BCUT2D eigenvalue weighted by Crippen LogP contribution is -2.09. The Hall–Kier alpha value is -1.77. The molecule has 0 aliphatic heterocycles. The number of rotatable bonds is 4. The molecule has 0 saturated heterocycles. The van der Waals surface area contributed by atoms with E-state index in [2.05, 4.69) is 24.9 Å². The third-order valence-electron chi connectivity index (χ3n) is 3.36. The van der Waals surface area contributed by atoms with Crippen molar-refractivity contribution in [3.63, 3.8) is 0 Å². The first-order chi connectivity index (χ1) is 8.67. The summed E-state index contributed by atoms with van der Waals surface area (Å²) in [5.41, 5.74) is 2.82. The lowest BCUT2D eigenvalue weighted by Gasteiger charge is -2.14. The number of aromatic nitrogens is 1. The summed E-state index contributed by atoms with van der Waals surface area (Å²) in [6, 6.07) is 5.96. The van der Waals surface area contributed by atoms with E-state index >= 15 is 0 Å². The van der Waals surface area contributed by atoms with Crippen molar-refractivity contribution in [1.29, 1.82) is 0 Å². The number of hydrogen-bond donors (Lipinski definition) is 1. The monoisotopic (exact) mass is 247 g/mol. The molecule has 0 bridgehead atoms. The Morgan fingerprint density at radius 3 is 2.89 bits per heavy atom. The zero-order chi connectivity index (χ0) is 13.1. The number of esters is 1. The molecule has 1 aromatic carbocycles. The normalized spacial score (nSPS) is 12.6. The molecule has 0 saturated carbocycles. The fourth-order valence-corrected chi connectivity index (χ4v) is 2.13. The van der Waals surface area contributed by atoms with Gasteiger partial charge in [-0.3, -0.25) is 0 Å². The Bertz CT molecular complexity index is 562. The van der Waals surface area contributed by atoms with E-state index in [9.17, 15) is 4.79 Å². The molecule has 1 aromatic heterocycles. The number of benzene rings is 1. The fourth-order valence-electron chi connectivity index (χ4n) is 2.13. The molecule has 0 amide bonds. The standard InChI is InChI=1S/C15H19NO2.H2/c1-4-10(3)12-9-14-11(6-7-16-14)8-13(12)15(17)18-5-2;/h6-10,16H,4-5H2,1-3H3;1H. The van der Waals surface area contributed by atoms with E-state index < -0.39 is 0 Å². The first kappa shape index (κ1) is 12.7. The van der Waals surface area contributed by atoms with E-state index in [0.717, 1.165) is 22.9 Å². The van der Waals surface area contributed by atoms with Crippen molar-refractivity contribution in [2.75, 3.05) is 6.61 Å². The van der Waals surface area contributed by atoms with E-state index in [1.165, 1.54) is 0 Å². The van der Waals surface area contributed by atoms with Crippen molar-refractivity contribution in [2.45, 2.75) is 33.1 Å². The Morgan fingerprint density at radius 2 is 2.22 bits per heavy atom. The molecule has 3 heteroatoms. The van der Waals surface area contributed by atoms with Crippen molar-refractivity contribution >= 4 is 16.9 Å². The molecule has 2 rings (SSSR count). The van der Waals surface area contributed by atoms with E-state index in [1.807, 2.05) is 25.3 Å². The molecule has 18 heavy (non-hydrogen) atoms. The number of H-pyrrole nitrogens is 1. The third-order valence-corrected chi connectivity index (χ3v) is 3.36. The summed E-state index contributed by atoms with van der Waals surface area (Å²) in [6.45, 7) is 6.49. The molecule has 0 aliphatic carbocycles. The molecule has 2 aromatic rings. The molecule has 1 unspecified atom stereocenters. The fraction of sp³-hybridized carbons (Fsp3) is 0.400. The summed E-state index contributed by atoms with van der Waals surface area (Å²) >= 11 is 0. The van der Waals surface area contributed by atoms with Gasteiger partial charge in [0.2, 0.25) is 0 Å². The van der Waals surface area contributed by atoms with Gasteiger partial charge in [0.25, 0.3) is 0 Å². The zero-order valence-electron chi connectivity index (χ0n) is 11.1. The number of carbonyl (C=O) groups excluding carboxylic acids is 1. The number of carbonyl (C=O) groups is 1. The minimum absolute atomic E-state index is 0. The number of fused-ring (bicyclic) bond motifs is 1. The zero-order valence-corrected chi connectivity index (χ0v) is 11.1. The average molecular weight is 247 g/mol. The lowest BCUT2D eigenvalue weighted by molar-refractivity contribution is 0.0524. The Labute approximate surface area is 109 Å². The summed E-state index contributed by atoms with van der Waals surface area (Å²) < 4.78 is 5.14. The SMILES string of the molecule is CCOC(=O)c1cc2cc[nH]c2cc1C(C)CC.[HH]. The van der Waals surface area contributed by atoms with Gasteiger partial charge < -0.3 is 9.72 Å². The van der Waals surface area contributed by atoms with Crippen LogP contribution >= 0.6 is 0 Å². The van der Waals surface area contributed by atoms with Gasteiger partial charge in [0, 0.05) is 18.5 Å². The third kappa shape index (κ3) is 2.26. The van der Waals surface area contributed by atoms with Crippen molar-refractivity contribution in [3.8, 4) is 0 Å². The number of nitrogens with one attached hydrogen (secondary N) is 1. The van der Waals surface area contributed by atoms with Crippen LogP contribution in [0.4, 0.5) is 0 Å². The van der Waals surface area contributed by atoms with Crippen molar-refractivity contribution in [1.82, 2.24) is 4.98 Å². The Kier molecular flexibility index (Phi) is 3.70. The van der Waals surface area contributed by atoms with Gasteiger partial charge in [0.1, 0.15) is 0 Å². The van der Waals surface area contributed by atoms with Gasteiger partial charge in [-0.2, -0.15) is 0 Å². The molecule has 1 heterocycles. The average Bonchev–Trinajstić information content (AvgIpc) is 2.83. The largest absolute Gasteiger partial charge is 0.462 e. The smallest absolute Gasteiger partial charge is 0.338 e. The van der Waals surface area contributed by atoms with E-state index in [-0.39, 0.29) is 7.40 Å². The van der Waals surface area contributed by atoms with Crippen LogP contribution in [0.5, 0.6) is 0 Å². The molecule has 0 aliphatic rings. The second-order valence-corrected chi connectivity index (χ2v) is 4.53. The van der Waals surface area contributed by atoms with Gasteiger partial charge >= 0.3 is 5.97 Å². The number of ether oxygens (including phenoxy) is 1. The molecule has 1 atom stereocenters. The summed E-state index contributed by atoms with van der Waals surface area (Å²) in [4.78, 5) is 15.2. The molecule has 98 valence electrons. The van der Waals surface area contributed by atoms with Crippen LogP contribution in [0.2, 0.25) is 0 Å². The van der Waals surface area contributed by atoms with Crippen LogP contribution in [-0.2, 0) is 4.74 Å². The number of hydrogen-bond acceptors (Lipinski definition) is 2. The van der Waals surface area contributed by atoms with Crippen LogP contribution in [-0.4, -0.2) is 17.6 Å². The second kappa shape index (κ2) is 5.25. The van der Waals surface area contributed by atoms with Crippen LogP contribution in [0.25, 0.3) is 10.9 Å². The van der Waals surface area contributed by atoms with Crippen LogP contribution in [0.3, 0.4) is 0 Å². The summed E-state index contributed by atoms with van der Waals surface area (Å²) in [6.07, 6.45) is 2.89. The molecule has 3 nitrogen and oxygen atoms in total. The highest BCUT2D eigenvalue weighted by Crippen LogP contribution is 2.28. The van der Waals surface area contributed by atoms with Gasteiger partial charge in [0.15, 0.2) is 0 Å².